The van der Waals surface area contributed by atoms with Gasteiger partial charge in [0.05, 0.1) is 22.5 Å². The quantitative estimate of drug-likeness (QED) is 0.0640. The second-order valence-corrected chi connectivity index (χ2v) is 13.4. The average molecular weight is 739 g/mol. The van der Waals surface area contributed by atoms with Crippen LogP contribution in [0.5, 0.6) is 5.75 Å². The first-order valence-electron chi connectivity index (χ1n) is 18.4. The van der Waals surface area contributed by atoms with Crippen LogP contribution in [0, 0.1) is 0 Å². The van der Waals surface area contributed by atoms with Crippen molar-refractivity contribution < 1.29 is 38.3 Å². The maximum atomic E-state index is 13.2. The van der Waals surface area contributed by atoms with Gasteiger partial charge in [-0.2, -0.15) is 0 Å². The molecule has 7 amide bonds. The topological polar surface area (TPSA) is 206 Å². The molecule has 0 bridgehead atoms. The van der Waals surface area contributed by atoms with E-state index in [1.54, 1.807) is 54.6 Å². The van der Waals surface area contributed by atoms with Crippen molar-refractivity contribution in [2.75, 3.05) is 29.5 Å². The van der Waals surface area contributed by atoms with E-state index in [0.717, 1.165) is 62.7 Å². The lowest BCUT2D eigenvalue weighted by Gasteiger charge is -2.27. The van der Waals surface area contributed by atoms with Crippen LogP contribution in [0.15, 0.2) is 66.7 Å². The summed E-state index contributed by atoms with van der Waals surface area (Å²) in [7, 11) is 0. The third kappa shape index (κ3) is 10.5. The molecule has 1 atom stereocenters. The Morgan fingerprint density at radius 2 is 1.44 bits per heavy atom. The van der Waals surface area contributed by atoms with Crippen molar-refractivity contribution in [3.63, 3.8) is 0 Å². The normalized spacial score (nSPS) is 15.0. The summed E-state index contributed by atoms with van der Waals surface area (Å²) in [5.74, 6) is -3.09. The van der Waals surface area contributed by atoms with Crippen LogP contribution in [-0.4, -0.2) is 65.4 Å². The molecule has 2 heterocycles. The van der Waals surface area contributed by atoms with Crippen molar-refractivity contribution in [3.05, 3.63) is 83.4 Å². The molecule has 0 saturated carbocycles. The zero-order valence-corrected chi connectivity index (χ0v) is 30.1. The Balaban J connectivity index is 0.871. The van der Waals surface area contributed by atoms with E-state index in [-0.39, 0.29) is 54.0 Å². The number of fused-ring (bicyclic) bond motifs is 1. The lowest BCUT2D eigenvalue weighted by molar-refractivity contribution is -0.136. The Bertz CT molecular complexity index is 1880. The number of hydrogen-bond acceptors (Lipinski definition) is 9. The van der Waals surface area contributed by atoms with E-state index in [1.165, 1.54) is 12.1 Å². The molecular weight excluding hydrogens is 692 g/mol. The molecule has 1 saturated heterocycles. The molecule has 0 aliphatic carbocycles. The molecule has 3 aromatic rings. The van der Waals surface area contributed by atoms with Crippen LogP contribution in [-0.2, 0) is 19.2 Å². The van der Waals surface area contributed by atoms with E-state index in [1.807, 2.05) is 0 Å². The summed E-state index contributed by atoms with van der Waals surface area (Å²) in [4.78, 5) is 88.1. The van der Waals surface area contributed by atoms with Gasteiger partial charge in [0, 0.05) is 30.6 Å². The van der Waals surface area contributed by atoms with Gasteiger partial charge < -0.3 is 26.4 Å². The lowest BCUT2D eigenvalue weighted by Crippen LogP contribution is -2.54. The van der Waals surface area contributed by atoms with E-state index < -0.39 is 29.7 Å². The standard InChI is InChI=1S/C40H46N6O8/c41-29-14-9-10-15-30(29)44-37(50)26-18-20-27(21-19-26)43-33(47)17-8-6-4-2-1-3-5-7-11-24-42-35(49)25-54-32-16-12-13-28-36(32)40(53)46(39(28)52)31-22-23-34(48)45-38(31)51/h9-10,12-16,18-21,31H,1-8,11,17,22-25,41H2,(H,42,49)(H,43,47)(H,44,50)(H,45,48,51). The summed E-state index contributed by atoms with van der Waals surface area (Å²) in [5, 5.41) is 10.6. The summed E-state index contributed by atoms with van der Waals surface area (Å²) in [6.07, 6.45) is 9.44. The largest absolute Gasteiger partial charge is 0.483 e. The highest BCUT2D eigenvalue weighted by atomic mass is 16.5. The summed E-state index contributed by atoms with van der Waals surface area (Å²) in [6, 6.07) is 17.2. The van der Waals surface area contributed by atoms with Crippen LogP contribution in [0.3, 0.4) is 0 Å². The van der Waals surface area contributed by atoms with Crippen LogP contribution < -0.4 is 31.7 Å². The van der Waals surface area contributed by atoms with E-state index in [0.29, 0.717) is 35.6 Å². The smallest absolute Gasteiger partial charge is 0.266 e. The van der Waals surface area contributed by atoms with Crippen LogP contribution in [0.4, 0.5) is 17.1 Å². The number of nitrogens with zero attached hydrogens (tertiary/aromatic N) is 1. The molecule has 1 unspecified atom stereocenters. The number of piperidine rings is 1. The monoisotopic (exact) mass is 738 g/mol. The van der Waals surface area contributed by atoms with Crippen LogP contribution in [0.2, 0.25) is 0 Å². The van der Waals surface area contributed by atoms with Crippen molar-refractivity contribution in [3.8, 4) is 5.75 Å². The number of imide groups is 2. The van der Waals surface area contributed by atoms with Crippen molar-refractivity contribution in [1.29, 1.82) is 0 Å². The Morgan fingerprint density at radius 1 is 0.759 bits per heavy atom. The summed E-state index contributed by atoms with van der Waals surface area (Å²) in [5.41, 5.74) is 8.10. The van der Waals surface area contributed by atoms with Crippen molar-refractivity contribution in [2.45, 2.75) is 83.1 Å². The molecule has 2 aliphatic rings. The van der Waals surface area contributed by atoms with Gasteiger partial charge in [0.2, 0.25) is 17.7 Å². The number of nitrogens with one attached hydrogen (secondary N) is 4. The predicted molar refractivity (Wildman–Crippen MR) is 202 cm³/mol. The van der Waals surface area contributed by atoms with Crippen molar-refractivity contribution in [2.24, 2.45) is 0 Å². The second-order valence-electron chi connectivity index (χ2n) is 13.4. The first-order chi connectivity index (χ1) is 26.1. The van der Waals surface area contributed by atoms with Gasteiger partial charge in [0.1, 0.15) is 11.8 Å². The van der Waals surface area contributed by atoms with Gasteiger partial charge in [-0.15, -0.1) is 0 Å². The number of nitrogens with two attached hydrogens (primary N) is 1. The molecule has 2 aliphatic heterocycles. The number of ether oxygens (including phenoxy) is 1. The molecule has 3 aromatic carbocycles. The molecule has 1 fully saturated rings. The third-order valence-electron chi connectivity index (χ3n) is 9.33. The van der Waals surface area contributed by atoms with E-state index in [2.05, 4.69) is 21.3 Å². The SMILES string of the molecule is Nc1ccccc1NC(=O)c1ccc(NC(=O)CCCCCCCCCCCNC(=O)COc2cccc3c2C(=O)N(C2CCC(=O)NC2=O)C3=O)cc1. The first kappa shape index (κ1) is 39.2. The fourth-order valence-corrected chi connectivity index (χ4v) is 6.41. The number of benzene rings is 3. The third-order valence-corrected chi connectivity index (χ3v) is 9.33. The van der Waals surface area contributed by atoms with Crippen molar-refractivity contribution >= 4 is 58.4 Å². The highest BCUT2D eigenvalue weighted by molar-refractivity contribution is 6.24. The zero-order valence-electron chi connectivity index (χ0n) is 30.1. The molecule has 14 nitrogen and oxygen atoms in total. The number of anilines is 3. The Labute approximate surface area is 313 Å². The number of nitrogen functional groups attached to an aromatic ring is 1. The number of carbonyl (C=O) groups excluding carboxylic acids is 7. The van der Waals surface area contributed by atoms with Crippen LogP contribution in [0.1, 0.15) is 108 Å². The first-order valence-corrected chi connectivity index (χ1v) is 18.4. The maximum Gasteiger partial charge on any atom is 0.266 e. The Kier molecular flexibility index (Phi) is 13.9. The van der Waals surface area contributed by atoms with Gasteiger partial charge in [0.25, 0.3) is 23.6 Å². The molecule has 14 heteroatoms. The molecule has 0 spiro atoms. The van der Waals surface area contributed by atoms with Gasteiger partial charge in [-0.1, -0.05) is 63.1 Å². The van der Waals surface area contributed by atoms with E-state index in [4.69, 9.17) is 10.5 Å². The molecule has 54 heavy (non-hydrogen) atoms. The van der Waals surface area contributed by atoms with Crippen molar-refractivity contribution in [1.82, 2.24) is 15.5 Å². The maximum absolute atomic E-state index is 13.2. The van der Waals surface area contributed by atoms with Crippen LogP contribution >= 0.6 is 0 Å². The minimum Gasteiger partial charge on any atom is -0.483 e. The van der Waals surface area contributed by atoms with Gasteiger partial charge >= 0.3 is 0 Å². The highest BCUT2D eigenvalue weighted by Crippen LogP contribution is 2.33. The molecule has 6 N–H and O–H groups in total. The predicted octanol–water partition coefficient (Wildman–Crippen LogP) is 4.96. The van der Waals surface area contributed by atoms with Gasteiger partial charge in [-0.05, 0) is 67.8 Å². The summed E-state index contributed by atoms with van der Waals surface area (Å²) < 4.78 is 5.62. The minimum atomic E-state index is -1.08. The number of unbranched alkanes of at least 4 members (excludes halogenated alkanes) is 8. The number of amides is 7. The van der Waals surface area contributed by atoms with E-state index in [9.17, 15) is 33.6 Å². The summed E-state index contributed by atoms with van der Waals surface area (Å²) >= 11 is 0. The number of carbonyl (C=O) groups is 7. The minimum absolute atomic E-state index is 0.00326. The van der Waals surface area contributed by atoms with Gasteiger partial charge in [0.15, 0.2) is 6.61 Å². The van der Waals surface area contributed by atoms with E-state index >= 15 is 0 Å². The second kappa shape index (κ2) is 19.1. The molecular formula is C40H46N6O8. The number of rotatable bonds is 19. The highest BCUT2D eigenvalue weighted by Gasteiger charge is 2.46. The average Bonchev–Trinajstić information content (AvgIpc) is 3.41. The molecule has 0 radical (unpaired) electrons. The molecule has 0 aromatic heterocycles. The zero-order chi connectivity index (χ0) is 38.5. The number of hydrogen-bond donors (Lipinski definition) is 5. The summed E-state index contributed by atoms with van der Waals surface area (Å²) in [6.45, 7) is 0.151. The van der Waals surface area contributed by atoms with Gasteiger partial charge in [-0.3, -0.25) is 43.8 Å². The number of para-hydroxylation sites is 2. The van der Waals surface area contributed by atoms with Gasteiger partial charge in [-0.25, -0.2) is 0 Å². The lowest BCUT2D eigenvalue weighted by atomic mass is 10.0. The fourth-order valence-electron chi connectivity index (χ4n) is 6.41. The molecule has 284 valence electrons. The Morgan fingerprint density at radius 3 is 2.15 bits per heavy atom. The van der Waals surface area contributed by atoms with Crippen LogP contribution in [0.25, 0.3) is 0 Å². The Hall–Kier alpha value is -6.05. The molecule has 5 rings (SSSR count). The fraction of sp³-hybridized carbons (Fsp3) is 0.375.